The number of rotatable bonds is 7. The number of hydrogen-bond acceptors (Lipinski definition) is 2. The third-order valence-corrected chi connectivity index (χ3v) is 3.74. The summed E-state index contributed by atoms with van der Waals surface area (Å²) in [6, 6.07) is 9.67. The van der Waals surface area contributed by atoms with Crippen LogP contribution >= 0.6 is 0 Å². The second-order valence-electron chi connectivity index (χ2n) is 5.76. The predicted octanol–water partition coefficient (Wildman–Crippen LogP) is 5.94. The SMILES string of the molecule is CCCCc1cc(Oc2ccc(C(F)(F)F)cc2)ccc1C=CC(=O)O. The molecular weight excluding hydrogens is 345 g/mol. The quantitative estimate of drug-likeness (QED) is 0.619. The summed E-state index contributed by atoms with van der Waals surface area (Å²) >= 11 is 0. The Bertz CT molecular complexity index is 778. The second kappa shape index (κ2) is 8.56. The van der Waals surface area contributed by atoms with Crippen molar-refractivity contribution in [3.63, 3.8) is 0 Å². The van der Waals surface area contributed by atoms with Gasteiger partial charge in [-0.05, 0) is 66.4 Å². The first-order valence-electron chi connectivity index (χ1n) is 8.18. The normalized spacial score (nSPS) is 11.7. The Morgan fingerprint density at radius 3 is 2.35 bits per heavy atom. The monoisotopic (exact) mass is 364 g/mol. The van der Waals surface area contributed by atoms with E-state index < -0.39 is 17.7 Å². The third-order valence-electron chi connectivity index (χ3n) is 3.74. The summed E-state index contributed by atoms with van der Waals surface area (Å²) in [7, 11) is 0. The summed E-state index contributed by atoms with van der Waals surface area (Å²) in [5.74, 6) is -0.242. The first-order valence-corrected chi connectivity index (χ1v) is 8.18. The number of aryl methyl sites for hydroxylation is 1. The average Bonchev–Trinajstić information content (AvgIpc) is 2.58. The van der Waals surface area contributed by atoms with E-state index in [0.717, 1.165) is 48.6 Å². The summed E-state index contributed by atoms with van der Waals surface area (Å²) in [5, 5.41) is 8.78. The highest BCUT2D eigenvalue weighted by Gasteiger charge is 2.30. The fourth-order valence-electron chi connectivity index (χ4n) is 2.40. The predicted molar refractivity (Wildman–Crippen MR) is 93.2 cm³/mol. The van der Waals surface area contributed by atoms with E-state index in [1.807, 2.05) is 0 Å². The molecule has 0 aliphatic rings. The van der Waals surface area contributed by atoms with Crippen LogP contribution in [0.4, 0.5) is 13.2 Å². The highest BCUT2D eigenvalue weighted by Crippen LogP contribution is 2.32. The van der Waals surface area contributed by atoms with Gasteiger partial charge in [0.05, 0.1) is 5.56 Å². The van der Waals surface area contributed by atoms with Gasteiger partial charge in [0.15, 0.2) is 0 Å². The van der Waals surface area contributed by atoms with Gasteiger partial charge in [-0.25, -0.2) is 4.79 Å². The first kappa shape index (κ1) is 19.6. The van der Waals surface area contributed by atoms with Gasteiger partial charge in [-0.1, -0.05) is 19.4 Å². The number of aliphatic carboxylic acids is 1. The van der Waals surface area contributed by atoms with Crippen molar-refractivity contribution in [3.05, 3.63) is 65.2 Å². The van der Waals surface area contributed by atoms with Crippen LogP contribution in [0.3, 0.4) is 0 Å². The lowest BCUT2D eigenvalue weighted by atomic mass is 10.0. The van der Waals surface area contributed by atoms with Crippen molar-refractivity contribution in [1.82, 2.24) is 0 Å². The number of unbranched alkanes of at least 4 members (excludes halogenated alkanes) is 1. The lowest BCUT2D eigenvalue weighted by Crippen LogP contribution is -2.04. The Balaban J connectivity index is 2.22. The van der Waals surface area contributed by atoms with Crippen molar-refractivity contribution in [2.75, 3.05) is 0 Å². The maximum Gasteiger partial charge on any atom is 0.416 e. The Morgan fingerprint density at radius 2 is 1.77 bits per heavy atom. The topological polar surface area (TPSA) is 46.5 Å². The summed E-state index contributed by atoms with van der Waals surface area (Å²) < 4.78 is 43.4. The first-order chi connectivity index (χ1) is 12.3. The molecule has 138 valence electrons. The minimum Gasteiger partial charge on any atom is -0.478 e. The van der Waals surface area contributed by atoms with Crippen molar-refractivity contribution in [1.29, 1.82) is 0 Å². The van der Waals surface area contributed by atoms with Gasteiger partial charge in [0.25, 0.3) is 0 Å². The molecule has 3 nitrogen and oxygen atoms in total. The molecule has 2 aromatic rings. The van der Waals surface area contributed by atoms with Crippen molar-refractivity contribution in [3.8, 4) is 11.5 Å². The van der Waals surface area contributed by atoms with Gasteiger partial charge in [-0.15, -0.1) is 0 Å². The zero-order chi connectivity index (χ0) is 19.2. The molecule has 1 N–H and O–H groups in total. The van der Waals surface area contributed by atoms with Crippen LogP contribution in [-0.2, 0) is 17.4 Å². The van der Waals surface area contributed by atoms with Gasteiger partial charge in [0.2, 0.25) is 0 Å². The summed E-state index contributed by atoms with van der Waals surface area (Å²) in [6.45, 7) is 2.05. The summed E-state index contributed by atoms with van der Waals surface area (Å²) in [4.78, 5) is 10.7. The number of carboxylic acids is 1. The second-order valence-corrected chi connectivity index (χ2v) is 5.76. The number of carbonyl (C=O) groups is 1. The Kier molecular flexibility index (Phi) is 6.44. The van der Waals surface area contributed by atoms with E-state index in [1.54, 1.807) is 18.2 Å². The highest BCUT2D eigenvalue weighted by atomic mass is 19.4. The van der Waals surface area contributed by atoms with Crippen LogP contribution in [-0.4, -0.2) is 11.1 Å². The number of halogens is 3. The lowest BCUT2D eigenvalue weighted by Gasteiger charge is -2.12. The van der Waals surface area contributed by atoms with Gasteiger partial charge >= 0.3 is 12.1 Å². The summed E-state index contributed by atoms with van der Waals surface area (Å²) in [6.07, 6.45) is 0.865. The average molecular weight is 364 g/mol. The number of benzene rings is 2. The lowest BCUT2D eigenvalue weighted by molar-refractivity contribution is -0.137. The number of alkyl halides is 3. The molecule has 0 unspecified atom stereocenters. The van der Waals surface area contributed by atoms with Crippen LogP contribution in [0, 0.1) is 0 Å². The minimum absolute atomic E-state index is 0.299. The number of carboxylic acid groups (broad SMARTS) is 1. The van der Waals surface area contributed by atoms with E-state index in [1.165, 1.54) is 18.2 Å². The maximum atomic E-state index is 12.6. The molecule has 0 heterocycles. The molecule has 0 amide bonds. The van der Waals surface area contributed by atoms with Crippen LogP contribution in [0.5, 0.6) is 11.5 Å². The van der Waals surface area contributed by atoms with E-state index in [2.05, 4.69) is 6.92 Å². The smallest absolute Gasteiger partial charge is 0.416 e. The van der Waals surface area contributed by atoms with Crippen LogP contribution in [0.25, 0.3) is 6.08 Å². The molecule has 0 saturated heterocycles. The maximum absolute atomic E-state index is 12.6. The Labute approximate surface area is 149 Å². The van der Waals surface area contributed by atoms with Gasteiger partial charge in [-0.3, -0.25) is 0 Å². The van der Waals surface area contributed by atoms with E-state index in [-0.39, 0.29) is 0 Å². The molecule has 2 aromatic carbocycles. The molecule has 0 saturated carbocycles. The van der Waals surface area contributed by atoms with Crippen LogP contribution in [0.15, 0.2) is 48.5 Å². The molecule has 0 radical (unpaired) electrons. The molecule has 0 fully saturated rings. The van der Waals surface area contributed by atoms with Crippen LogP contribution in [0.2, 0.25) is 0 Å². The number of hydrogen-bond donors (Lipinski definition) is 1. The fraction of sp³-hybridized carbons (Fsp3) is 0.250. The van der Waals surface area contributed by atoms with Crippen molar-refractivity contribution < 1.29 is 27.8 Å². The molecular formula is C20H19F3O3. The Hall–Kier alpha value is -2.76. The third kappa shape index (κ3) is 5.65. The molecule has 2 rings (SSSR count). The van der Waals surface area contributed by atoms with Gasteiger partial charge < -0.3 is 9.84 Å². The van der Waals surface area contributed by atoms with Gasteiger partial charge in [0, 0.05) is 6.08 Å². The molecule has 26 heavy (non-hydrogen) atoms. The molecule has 0 bridgehead atoms. The van der Waals surface area contributed by atoms with Crippen molar-refractivity contribution in [2.24, 2.45) is 0 Å². The number of ether oxygens (including phenoxy) is 1. The van der Waals surface area contributed by atoms with Gasteiger partial charge in [-0.2, -0.15) is 13.2 Å². The summed E-state index contributed by atoms with van der Waals surface area (Å²) in [5.41, 5.74) is 0.969. The molecule has 0 atom stereocenters. The molecule has 6 heteroatoms. The molecule has 0 aliphatic carbocycles. The highest BCUT2D eigenvalue weighted by molar-refractivity contribution is 5.85. The Morgan fingerprint density at radius 1 is 1.12 bits per heavy atom. The van der Waals surface area contributed by atoms with E-state index in [9.17, 15) is 18.0 Å². The van der Waals surface area contributed by atoms with Crippen LogP contribution < -0.4 is 4.74 Å². The van der Waals surface area contributed by atoms with Crippen molar-refractivity contribution in [2.45, 2.75) is 32.4 Å². The minimum atomic E-state index is -4.38. The molecule has 0 aliphatic heterocycles. The molecule has 0 aromatic heterocycles. The molecule has 0 spiro atoms. The van der Waals surface area contributed by atoms with Crippen molar-refractivity contribution >= 4 is 12.0 Å². The van der Waals surface area contributed by atoms with E-state index in [4.69, 9.17) is 9.84 Å². The standard InChI is InChI=1S/C20H19F3O3/c1-2-3-4-15-13-18(9-5-14(15)6-12-19(24)25)26-17-10-7-16(8-11-17)20(21,22)23/h5-13H,2-4H2,1H3,(H,24,25). The fourth-order valence-corrected chi connectivity index (χ4v) is 2.40. The zero-order valence-corrected chi connectivity index (χ0v) is 14.2. The zero-order valence-electron chi connectivity index (χ0n) is 14.2. The van der Waals surface area contributed by atoms with Crippen LogP contribution in [0.1, 0.15) is 36.5 Å². The van der Waals surface area contributed by atoms with E-state index in [0.29, 0.717) is 11.5 Å². The van der Waals surface area contributed by atoms with E-state index >= 15 is 0 Å². The largest absolute Gasteiger partial charge is 0.478 e. The van der Waals surface area contributed by atoms with Gasteiger partial charge in [0.1, 0.15) is 11.5 Å².